The van der Waals surface area contributed by atoms with Gasteiger partial charge in [-0.3, -0.25) is 4.79 Å². The smallest absolute Gasteiger partial charge is 0.250 e. The molecule has 2 aromatic carbocycles. The van der Waals surface area contributed by atoms with Gasteiger partial charge in [0, 0.05) is 17.6 Å². The minimum Gasteiger partial charge on any atom is -0.504 e. The first-order valence-corrected chi connectivity index (χ1v) is 10.4. The molecule has 30 heavy (non-hydrogen) atoms. The number of amides is 1. The summed E-state index contributed by atoms with van der Waals surface area (Å²) in [6.45, 7) is 2.29. The zero-order valence-corrected chi connectivity index (χ0v) is 17.9. The molecule has 1 amide bonds. The zero-order chi connectivity index (χ0) is 21.5. The van der Waals surface area contributed by atoms with Crippen LogP contribution in [0.25, 0.3) is 11.4 Å². The number of hydrazone groups is 1. The number of carbonyl (C=O) groups excluding carboxylic acids is 1. The van der Waals surface area contributed by atoms with Gasteiger partial charge in [0.2, 0.25) is 0 Å². The molecule has 0 aliphatic heterocycles. The van der Waals surface area contributed by atoms with Gasteiger partial charge < -0.3 is 14.4 Å². The van der Waals surface area contributed by atoms with E-state index in [4.69, 9.17) is 16.3 Å². The number of nitrogens with zero attached hydrogens (tertiary/aromatic N) is 4. The van der Waals surface area contributed by atoms with Gasteiger partial charge in [0.15, 0.2) is 22.5 Å². The maximum atomic E-state index is 12.1. The predicted molar refractivity (Wildman–Crippen MR) is 117 cm³/mol. The van der Waals surface area contributed by atoms with Gasteiger partial charge >= 0.3 is 0 Å². The molecule has 0 unspecified atom stereocenters. The van der Waals surface area contributed by atoms with Gasteiger partial charge in [-0.05, 0) is 55.0 Å². The number of phenolic OH excluding ortho intramolecular Hbond substituents is 1. The highest BCUT2D eigenvalue weighted by atomic mass is 35.5. The zero-order valence-electron chi connectivity index (χ0n) is 16.4. The Morgan fingerprint density at radius 1 is 1.30 bits per heavy atom. The van der Waals surface area contributed by atoms with Crippen molar-refractivity contribution in [1.82, 2.24) is 20.2 Å². The van der Waals surface area contributed by atoms with E-state index in [1.54, 1.807) is 24.3 Å². The van der Waals surface area contributed by atoms with Crippen molar-refractivity contribution in [2.45, 2.75) is 12.1 Å². The number of thioether (sulfide) groups is 1. The first-order chi connectivity index (χ1) is 14.5. The number of hydrogen-bond donors (Lipinski definition) is 2. The number of phenols is 1. The van der Waals surface area contributed by atoms with E-state index in [2.05, 4.69) is 20.7 Å². The summed E-state index contributed by atoms with van der Waals surface area (Å²) in [6, 6.07) is 12.2. The van der Waals surface area contributed by atoms with Crippen LogP contribution in [0.2, 0.25) is 5.02 Å². The minimum absolute atomic E-state index is 0.0152. The summed E-state index contributed by atoms with van der Waals surface area (Å²) >= 11 is 7.17. The maximum Gasteiger partial charge on any atom is 0.250 e. The molecule has 3 rings (SSSR count). The predicted octanol–water partition coefficient (Wildman–Crippen LogP) is 3.48. The molecular weight excluding hydrogens is 426 g/mol. The number of carbonyl (C=O) groups is 1. The van der Waals surface area contributed by atoms with Crippen molar-refractivity contribution in [3.8, 4) is 22.9 Å². The lowest BCUT2D eigenvalue weighted by Gasteiger charge is -2.05. The first-order valence-electron chi connectivity index (χ1n) is 9.03. The Balaban J connectivity index is 1.53. The average molecular weight is 446 g/mol. The Bertz CT molecular complexity index is 1050. The summed E-state index contributed by atoms with van der Waals surface area (Å²) in [7, 11) is 1.83. The van der Waals surface area contributed by atoms with Gasteiger partial charge in [-0.2, -0.15) is 5.10 Å². The van der Waals surface area contributed by atoms with Crippen molar-refractivity contribution in [1.29, 1.82) is 0 Å². The summed E-state index contributed by atoms with van der Waals surface area (Å²) < 4.78 is 7.08. The molecule has 0 aliphatic carbocycles. The molecule has 0 saturated carbocycles. The molecule has 8 nitrogen and oxygen atoms in total. The SMILES string of the molecule is CCOc1ccc(/C=N/NC(=O)CSc2nnc(-c3ccc(Cl)cc3)n2C)cc1O. The van der Waals surface area contributed by atoms with Crippen molar-refractivity contribution in [2.75, 3.05) is 12.4 Å². The van der Waals surface area contributed by atoms with Crippen LogP contribution in [-0.4, -0.2) is 44.4 Å². The number of hydrogen-bond acceptors (Lipinski definition) is 7. The molecule has 0 bridgehead atoms. The van der Waals surface area contributed by atoms with Crippen molar-refractivity contribution < 1.29 is 14.6 Å². The van der Waals surface area contributed by atoms with E-state index in [0.717, 1.165) is 5.56 Å². The van der Waals surface area contributed by atoms with E-state index < -0.39 is 0 Å². The summed E-state index contributed by atoms with van der Waals surface area (Å²) in [5.74, 6) is 0.932. The maximum absolute atomic E-state index is 12.1. The highest BCUT2D eigenvalue weighted by Gasteiger charge is 2.12. The van der Waals surface area contributed by atoms with Crippen LogP contribution in [0.5, 0.6) is 11.5 Å². The fraction of sp³-hybridized carbons (Fsp3) is 0.200. The largest absolute Gasteiger partial charge is 0.504 e. The second kappa shape index (κ2) is 10.1. The van der Waals surface area contributed by atoms with Crippen LogP contribution in [0.15, 0.2) is 52.7 Å². The second-order valence-electron chi connectivity index (χ2n) is 6.11. The molecule has 0 saturated heterocycles. The van der Waals surface area contributed by atoms with Gasteiger partial charge in [-0.1, -0.05) is 23.4 Å². The third-order valence-corrected chi connectivity index (χ3v) is 5.23. The lowest BCUT2D eigenvalue weighted by molar-refractivity contribution is -0.118. The quantitative estimate of drug-likeness (QED) is 0.312. The minimum atomic E-state index is -0.289. The normalized spacial score (nSPS) is 11.0. The molecule has 1 aromatic heterocycles. The Labute approximate surface area is 182 Å². The molecule has 2 N–H and O–H groups in total. The number of ether oxygens (including phenoxy) is 1. The number of aromatic hydroxyl groups is 1. The van der Waals surface area contributed by atoms with Gasteiger partial charge in [0.25, 0.3) is 5.91 Å². The van der Waals surface area contributed by atoms with Crippen LogP contribution in [0.4, 0.5) is 0 Å². The standard InChI is InChI=1S/C20H20ClN5O3S/c1-3-29-17-9-4-13(10-16(17)27)11-22-23-18(28)12-30-20-25-24-19(26(20)2)14-5-7-15(21)8-6-14/h4-11,27H,3,12H2,1-2H3,(H,23,28)/b22-11+. The molecule has 0 fully saturated rings. The summed E-state index contributed by atoms with van der Waals surface area (Å²) in [6.07, 6.45) is 1.44. The molecule has 0 radical (unpaired) electrons. The Kier molecular flexibility index (Phi) is 7.31. The molecule has 1 heterocycles. The molecule has 3 aromatic rings. The van der Waals surface area contributed by atoms with Crippen molar-refractivity contribution in [3.05, 3.63) is 53.1 Å². The van der Waals surface area contributed by atoms with Crippen LogP contribution in [0.3, 0.4) is 0 Å². The Hall–Kier alpha value is -3.04. The van der Waals surface area contributed by atoms with Gasteiger partial charge in [0.1, 0.15) is 0 Å². The van der Waals surface area contributed by atoms with E-state index in [1.807, 2.05) is 30.7 Å². The first kappa shape index (κ1) is 21.7. The molecule has 10 heteroatoms. The molecule has 0 aliphatic rings. The van der Waals surface area contributed by atoms with Gasteiger partial charge in [-0.15, -0.1) is 10.2 Å². The van der Waals surface area contributed by atoms with E-state index in [9.17, 15) is 9.90 Å². The van der Waals surface area contributed by atoms with E-state index >= 15 is 0 Å². The molecular formula is C20H20ClN5O3S. The van der Waals surface area contributed by atoms with Crippen molar-refractivity contribution in [3.63, 3.8) is 0 Å². The van der Waals surface area contributed by atoms with E-state index in [1.165, 1.54) is 24.0 Å². The summed E-state index contributed by atoms with van der Waals surface area (Å²) in [5, 5.41) is 23.3. The highest BCUT2D eigenvalue weighted by molar-refractivity contribution is 7.99. The summed E-state index contributed by atoms with van der Waals surface area (Å²) in [5.41, 5.74) is 3.96. The van der Waals surface area contributed by atoms with Crippen molar-refractivity contribution in [2.24, 2.45) is 12.1 Å². The van der Waals surface area contributed by atoms with Crippen LogP contribution >= 0.6 is 23.4 Å². The lowest BCUT2D eigenvalue weighted by atomic mass is 10.2. The lowest BCUT2D eigenvalue weighted by Crippen LogP contribution is -2.19. The average Bonchev–Trinajstić information content (AvgIpc) is 3.09. The monoisotopic (exact) mass is 445 g/mol. The third kappa shape index (κ3) is 5.52. The topological polar surface area (TPSA) is 102 Å². The molecule has 156 valence electrons. The Morgan fingerprint density at radius 3 is 2.77 bits per heavy atom. The number of rotatable bonds is 8. The van der Waals surface area contributed by atoms with E-state index in [-0.39, 0.29) is 17.4 Å². The molecule has 0 atom stereocenters. The van der Waals surface area contributed by atoms with Crippen LogP contribution < -0.4 is 10.2 Å². The number of benzene rings is 2. The highest BCUT2D eigenvalue weighted by Crippen LogP contribution is 2.26. The van der Waals surface area contributed by atoms with Gasteiger partial charge in [0.05, 0.1) is 18.6 Å². The van der Waals surface area contributed by atoms with Gasteiger partial charge in [-0.25, -0.2) is 5.43 Å². The number of nitrogens with one attached hydrogen (secondary N) is 1. The fourth-order valence-electron chi connectivity index (χ4n) is 2.52. The molecule has 0 spiro atoms. The van der Waals surface area contributed by atoms with Crippen LogP contribution in [-0.2, 0) is 11.8 Å². The van der Waals surface area contributed by atoms with Crippen LogP contribution in [0, 0.1) is 0 Å². The third-order valence-electron chi connectivity index (χ3n) is 3.96. The van der Waals surface area contributed by atoms with Crippen LogP contribution in [0.1, 0.15) is 12.5 Å². The fourth-order valence-corrected chi connectivity index (χ4v) is 3.35. The van der Waals surface area contributed by atoms with Crippen molar-refractivity contribution >= 4 is 35.5 Å². The number of aromatic nitrogens is 3. The van der Waals surface area contributed by atoms with E-state index in [0.29, 0.717) is 33.9 Å². The number of halogens is 1. The summed E-state index contributed by atoms with van der Waals surface area (Å²) in [4.78, 5) is 12.1. The Morgan fingerprint density at radius 2 is 2.07 bits per heavy atom. The second-order valence-corrected chi connectivity index (χ2v) is 7.49.